The second kappa shape index (κ2) is 6.88. The van der Waals surface area contributed by atoms with Crippen molar-refractivity contribution in [1.29, 1.82) is 0 Å². The van der Waals surface area contributed by atoms with Crippen molar-refractivity contribution >= 4 is 17.3 Å². The van der Waals surface area contributed by atoms with Gasteiger partial charge in [-0.2, -0.15) is 5.10 Å². The predicted octanol–water partition coefficient (Wildman–Crippen LogP) is 2.21. The topological polar surface area (TPSA) is 67.2 Å². The fraction of sp³-hybridized carbons (Fsp3) is 0.571. The van der Waals surface area contributed by atoms with E-state index in [1.165, 1.54) is 0 Å². The molecule has 0 aliphatic carbocycles. The maximum Gasteiger partial charge on any atom is 0.257 e. The number of rotatable bonds is 3. The molecule has 2 aromatic rings. The molecule has 4 rings (SSSR count). The molecule has 0 radical (unpaired) electrons. The van der Waals surface area contributed by atoms with Gasteiger partial charge in [0.1, 0.15) is 6.61 Å². The SMILES string of the molecule is CC(C)(C)OCC(=O)N1CC2(CCCN(C(=O)c3cnn4ccccc34)C2)C1. The van der Waals surface area contributed by atoms with E-state index < -0.39 is 0 Å². The molecule has 2 saturated heterocycles. The predicted molar refractivity (Wildman–Crippen MR) is 105 cm³/mol. The summed E-state index contributed by atoms with van der Waals surface area (Å²) in [6.07, 6.45) is 5.51. The van der Waals surface area contributed by atoms with Crippen molar-refractivity contribution in [2.45, 2.75) is 39.2 Å². The summed E-state index contributed by atoms with van der Waals surface area (Å²) in [5.74, 6) is 0.0627. The molecule has 4 heterocycles. The van der Waals surface area contributed by atoms with Crippen LogP contribution in [0, 0.1) is 5.41 Å². The molecule has 0 saturated carbocycles. The molecule has 2 aromatic heterocycles. The lowest BCUT2D eigenvalue weighted by atomic mass is 9.73. The standard InChI is InChI=1S/C21H28N4O3/c1-20(2,3)28-12-18(26)24-14-21(15-24)8-6-9-23(13-21)19(27)16-11-22-25-10-5-4-7-17(16)25/h4-5,7,10-11H,6,8-9,12-15H2,1-3H3. The van der Waals surface area contributed by atoms with E-state index >= 15 is 0 Å². The Balaban J connectivity index is 1.39. The third-order valence-electron chi connectivity index (χ3n) is 5.64. The van der Waals surface area contributed by atoms with Crippen LogP contribution in [0.15, 0.2) is 30.6 Å². The van der Waals surface area contributed by atoms with Gasteiger partial charge in [0.25, 0.3) is 5.91 Å². The largest absolute Gasteiger partial charge is 0.366 e. The molecule has 0 bridgehead atoms. The van der Waals surface area contributed by atoms with Gasteiger partial charge in [0, 0.05) is 37.8 Å². The summed E-state index contributed by atoms with van der Waals surface area (Å²) in [5, 5.41) is 4.28. The smallest absolute Gasteiger partial charge is 0.257 e. The number of ether oxygens (including phenoxy) is 1. The number of amides is 2. The molecule has 7 nitrogen and oxygen atoms in total. The highest BCUT2D eigenvalue weighted by atomic mass is 16.5. The second-order valence-corrected chi connectivity index (χ2v) is 9.07. The van der Waals surface area contributed by atoms with Crippen LogP contribution in [0.4, 0.5) is 0 Å². The van der Waals surface area contributed by atoms with E-state index in [4.69, 9.17) is 4.74 Å². The molecule has 0 N–H and O–H groups in total. The Hall–Kier alpha value is -2.41. The summed E-state index contributed by atoms with van der Waals surface area (Å²) in [5.41, 5.74) is 1.18. The van der Waals surface area contributed by atoms with Crippen LogP contribution in [0.5, 0.6) is 0 Å². The number of pyridine rings is 1. The molecule has 7 heteroatoms. The van der Waals surface area contributed by atoms with Crippen molar-refractivity contribution in [1.82, 2.24) is 19.4 Å². The molecule has 2 aliphatic rings. The first-order chi connectivity index (χ1) is 13.3. The summed E-state index contributed by atoms with van der Waals surface area (Å²) in [4.78, 5) is 29.2. The summed E-state index contributed by atoms with van der Waals surface area (Å²) in [7, 11) is 0. The Bertz CT molecular complexity index is 892. The maximum atomic E-state index is 13.1. The Morgan fingerprint density at radius 3 is 2.68 bits per heavy atom. The van der Waals surface area contributed by atoms with Crippen LogP contribution in [0.1, 0.15) is 44.0 Å². The summed E-state index contributed by atoms with van der Waals surface area (Å²) in [6.45, 7) is 8.82. The minimum absolute atomic E-state index is 0.0221. The number of fused-ring (bicyclic) bond motifs is 1. The molecule has 0 atom stereocenters. The van der Waals surface area contributed by atoms with Crippen LogP contribution in [-0.2, 0) is 9.53 Å². The third-order valence-corrected chi connectivity index (χ3v) is 5.64. The minimum Gasteiger partial charge on any atom is -0.366 e. The van der Waals surface area contributed by atoms with Gasteiger partial charge >= 0.3 is 0 Å². The fourth-order valence-electron chi connectivity index (χ4n) is 4.22. The van der Waals surface area contributed by atoms with Gasteiger partial charge in [-0.3, -0.25) is 9.59 Å². The summed E-state index contributed by atoms with van der Waals surface area (Å²) >= 11 is 0. The van der Waals surface area contributed by atoms with E-state index in [9.17, 15) is 9.59 Å². The van der Waals surface area contributed by atoms with Gasteiger partial charge in [0.05, 0.1) is 22.9 Å². The quantitative estimate of drug-likeness (QED) is 0.814. The van der Waals surface area contributed by atoms with Crippen LogP contribution in [0.2, 0.25) is 0 Å². The second-order valence-electron chi connectivity index (χ2n) is 9.07. The molecule has 2 aliphatic heterocycles. The highest BCUT2D eigenvalue weighted by Gasteiger charge is 2.48. The maximum absolute atomic E-state index is 13.1. The van der Waals surface area contributed by atoms with E-state index in [0.29, 0.717) is 25.2 Å². The molecule has 1 spiro atoms. The van der Waals surface area contributed by atoms with Crippen molar-refractivity contribution in [3.63, 3.8) is 0 Å². The van der Waals surface area contributed by atoms with Crippen molar-refractivity contribution in [3.8, 4) is 0 Å². The van der Waals surface area contributed by atoms with Crippen LogP contribution in [-0.4, -0.2) is 69.6 Å². The molecule has 2 amide bonds. The summed E-state index contributed by atoms with van der Waals surface area (Å²) < 4.78 is 7.34. The number of carbonyl (C=O) groups excluding carboxylic acids is 2. The van der Waals surface area contributed by atoms with Crippen LogP contribution in [0.25, 0.3) is 5.52 Å². The first-order valence-corrected chi connectivity index (χ1v) is 9.90. The molecular weight excluding hydrogens is 356 g/mol. The zero-order valence-electron chi connectivity index (χ0n) is 16.9. The number of piperidine rings is 1. The monoisotopic (exact) mass is 384 g/mol. The lowest BCUT2D eigenvalue weighted by molar-refractivity contribution is -0.155. The first-order valence-electron chi connectivity index (χ1n) is 9.90. The van der Waals surface area contributed by atoms with Crippen molar-refractivity contribution in [2.75, 3.05) is 32.8 Å². The Labute approximate surface area is 165 Å². The van der Waals surface area contributed by atoms with E-state index in [0.717, 1.165) is 24.9 Å². The third kappa shape index (κ3) is 3.63. The molecule has 150 valence electrons. The molecule has 0 unspecified atom stereocenters. The van der Waals surface area contributed by atoms with Crippen LogP contribution < -0.4 is 0 Å². The zero-order valence-corrected chi connectivity index (χ0v) is 16.9. The Kier molecular flexibility index (Phi) is 4.65. The average Bonchev–Trinajstić information content (AvgIpc) is 3.07. The van der Waals surface area contributed by atoms with E-state index in [1.54, 1.807) is 10.7 Å². The zero-order chi connectivity index (χ0) is 19.9. The minimum atomic E-state index is -0.319. The Morgan fingerprint density at radius 2 is 1.93 bits per heavy atom. The lowest BCUT2D eigenvalue weighted by Crippen LogP contribution is -2.65. The molecular formula is C21H28N4O3. The number of hydrogen-bond acceptors (Lipinski definition) is 4. The van der Waals surface area contributed by atoms with Gasteiger partial charge in [-0.1, -0.05) is 6.07 Å². The van der Waals surface area contributed by atoms with Gasteiger partial charge in [0.15, 0.2) is 0 Å². The van der Waals surface area contributed by atoms with Gasteiger partial charge in [-0.15, -0.1) is 0 Å². The van der Waals surface area contributed by atoms with Gasteiger partial charge in [0.2, 0.25) is 5.91 Å². The van der Waals surface area contributed by atoms with E-state index in [-0.39, 0.29) is 29.4 Å². The van der Waals surface area contributed by atoms with Crippen molar-refractivity contribution < 1.29 is 14.3 Å². The number of carbonyl (C=O) groups is 2. The normalized spacial score (nSPS) is 19.1. The highest BCUT2D eigenvalue weighted by molar-refractivity contribution is 6.00. The molecule has 0 aromatic carbocycles. The van der Waals surface area contributed by atoms with Crippen molar-refractivity contribution in [2.24, 2.45) is 5.41 Å². The number of likely N-dealkylation sites (tertiary alicyclic amines) is 2. The fourth-order valence-corrected chi connectivity index (χ4v) is 4.22. The van der Waals surface area contributed by atoms with E-state index in [2.05, 4.69) is 5.10 Å². The van der Waals surface area contributed by atoms with E-state index in [1.807, 2.05) is 55.0 Å². The first kappa shape index (κ1) is 18.9. The number of hydrogen-bond donors (Lipinski definition) is 0. The van der Waals surface area contributed by atoms with Gasteiger partial charge < -0.3 is 14.5 Å². The van der Waals surface area contributed by atoms with Crippen molar-refractivity contribution in [3.05, 3.63) is 36.2 Å². The molecule has 28 heavy (non-hydrogen) atoms. The molecule has 2 fully saturated rings. The lowest BCUT2D eigenvalue weighted by Gasteiger charge is -2.54. The number of nitrogens with zero attached hydrogens (tertiary/aromatic N) is 4. The summed E-state index contributed by atoms with van der Waals surface area (Å²) in [6, 6.07) is 5.73. The number of aromatic nitrogens is 2. The van der Waals surface area contributed by atoms with Gasteiger partial charge in [-0.25, -0.2) is 4.52 Å². The Morgan fingerprint density at radius 1 is 1.18 bits per heavy atom. The average molecular weight is 384 g/mol. The highest BCUT2D eigenvalue weighted by Crippen LogP contribution is 2.39. The van der Waals surface area contributed by atoms with Crippen LogP contribution >= 0.6 is 0 Å². The van der Waals surface area contributed by atoms with Gasteiger partial charge in [-0.05, 0) is 45.7 Å². The van der Waals surface area contributed by atoms with Crippen LogP contribution in [0.3, 0.4) is 0 Å².